The van der Waals surface area contributed by atoms with E-state index in [-0.39, 0.29) is 5.41 Å². The fraction of sp³-hybridized carbons (Fsp3) is 0.0638. The maximum atomic E-state index is 6.57. The molecule has 0 fully saturated rings. The Kier molecular flexibility index (Phi) is 6.22. The van der Waals surface area contributed by atoms with Crippen molar-refractivity contribution in [2.24, 2.45) is 0 Å². The van der Waals surface area contributed by atoms with Gasteiger partial charge >= 0.3 is 0 Å². The maximum Gasteiger partial charge on any atom is 0.160 e. The number of nitrogens with zero attached hydrogens (tertiary/aromatic N) is 2. The standard InChI is InChI=1S/C47H32N2O/c1-47(2)39-19-10-9-16-34(39)35-22-20-32(27-40(35)47)42-28-41(48-46(49-42)30-14-7-4-8-15-30)31-21-24-43-38(26-31)37-18-11-17-36-33(29-12-5-3-6-13-29)23-25-44(50-43)45(36)37/h3-28H,1-2H3. The number of benzene rings is 7. The summed E-state index contributed by atoms with van der Waals surface area (Å²) in [4.78, 5) is 10.4. The van der Waals surface area contributed by atoms with Gasteiger partial charge in [-0.2, -0.15) is 0 Å². The van der Waals surface area contributed by atoms with Crippen LogP contribution in [0.15, 0.2) is 158 Å². The molecule has 3 nitrogen and oxygen atoms in total. The molecular weight excluding hydrogens is 609 g/mol. The summed E-state index contributed by atoms with van der Waals surface area (Å²) in [5.41, 5.74) is 14.7. The number of ether oxygens (including phenoxy) is 1. The van der Waals surface area contributed by atoms with Crippen molar-refractivity contribution in [3.63, 3.8) is 0 Å². The highest BCUT2D eigenvalue weighted by Gasteiger charge is 2.35. The van der Waals surface area contributed by atoms with Gasteiger partial charge in [0.25, 0.3) is 0 Å². The lowest BCUT2D eigenvalue weighted by Gasteiger charge is -2.23. The second-order valence-corrected chi connectivity index (χ2v) is 13.8. The van der Waals surface area contributed by atoms with Crippen LogP contribution in [0.5, 0.6) is 11.5 Å². The van der Waals surface area contributed by atoms with Crippen LogP contribution in [-0.2, 0) is 5.41 Å². The summed E-state index contributed by atoms with van der Waals surface area (Å²) < 4.78 is 6.57. The minimum absolute atomic E-state index is 0.101. The number of rotatable bonds is 4. The molecule has 0 bridgehead atoms. The number of hydrogen-bond donors (Lipinski definition) is 0. The molecule has 7 aromatic carbocycles. The molecular formula is C47H32N2O. The van der Waals surface area contributed by atoms with Crippen LogP contribution in [0.25, 0.3) is 78.1 Å². The van der Waals surface area contributed by atoms with Gasteiger partial charge in [-0.25, -0.2) is 9.97 Å². The van der Waals surface area contributed by atoms with E-state index in [0.717, 1.165) is 56.1 Å². The zero-order valence-electron chi connectivity index (χ0n) is 27.8. The Labute approximate surface area is 291 Å². The molecule has 8 aromatic rings. The lowest BCUT2D eigenvalue weighted by Crippen LogP contribution is -2.14. The second-order valence-electron chi connectivity index (χ2n) is 13.8. The van der Waals surface area contributed by atoms with Crippen molar-refractivity contribution in [2.45, 2.75) is 19.3 Å². The van der Waals surface area contributed by atoms with Gasteiger partial charge in [0.05, 0.1) is 11.4 Å². The summed E-state index contributed by atoms with van der Waals surface area (Å²) >= 11 is 0. The Morgan fingerprint density at radius 3 is 1.84 bits per heavy atom. The third-order valence-corrected chi connectivity index (χ3v) is 10.5. The van der Waals surface area contributed by atoms with Crippen molar-refractivity contribution in [2.75, 3.05) is 0 Å². The molecule has 1 aromatic heterocycles. The molecule has 1 aliphatic heterocycles. The molecule has 1 aliphatic carbocycles. The first-order valence-corrected chi connectivity index (χ1v) is 17.2. The predicted octanol–water partition coefficient (Wildman–Crippen LogP) is 12.4. The molecule has 10 rings (SSSR count). The van der Waals surface area contributed by atoms with Crippen molar-refractivity contribution in [1.82, 2.24) is 9.97 Å². The van der Waals surface area contributed by atoms with Crippen LogP contribution in [0.3, 0.4) is 0 Å². The predicted molar refractivity (Wildman–Crippen MR) is 204 cm³/mol. The van der Waals surface area contributed by atoms with E-state index < -0.39 is 0 Å². The minimum atomic E-state index is -0.101. The Morgan fingerprint density at radius 2 is 1.04 bits per heavy atom. The molecule has 0 spiro atoms. The monoisotopic (exact) mass is 640 g/mol. The SMILES string of the molecule is CC1(C)c2ccccc2-c2ccc(-c3cc(-c4ccc5c(c4)-c4cccc6c(-c7ccccc7)ccc(c46)O5)nc(-c4ccccc4)n3)cc21. The van der Waals surface area contributed by atoms with Gasteiger partial charge in [0.15, 0.2) is 5.82 Å². The van der Waals surface area contributed by atoms with Crippen molar-refractivity contribution >= 4 is 10.8 Å². The summed E-state index contributed by atoms with van der Waals surface area (Å²) in [5.74, 6) is 2.43. The van der Waals surface area contributed by atoms with Crippen LogP contribution in [0.2, 0.25) is 0 Å². The molecule has 2 heterocycles. The molecule has 0 radical (unpaired) electrons. The Bertz CT molecular complexity index is 2640. The highest BCUT2D eigenvalue weighted by molar-refractivity contribution is 6.10. The molecule has 0 N–H and O–H groups in total. The van der Waals surface area contributed by atoms with Gasteiger partial charge < -0.3 is 4.74 Å². The number of fused-ring (bicyclic) bond motifs is 5. The third-order valence-electron chi connectivity index (χ3n) is 10.5. The molecule has 236 valence electrons. The smallest absolute Gasteiger partial charge is 0.160 e. The summed E-state index contributed by atoms with van der Waals surface area (Å²) in [5, 5.41) is 2.31. The zero-order chi connectivity index (χ0) is 33.4. The highest BCUT2D eigenvalue weighted by atomic mass is 16.5. The van der Waals surface area contributed by atoms with E-state index in [1.165, 1.54) is 38.8 Å². The van der Waals surface area contributed by atoms with Crippen LogP contribution in [0, 0.1) is 0 Å². The molecule has 0 saturated heterocycles. The van der Waals surface area contributed by atoms with Gasteiger partial charge in [-0.1, -0.05) is 135 Å². The summed E-state index contributed by atoms with van der Waals surface area (Å²) in [6, 6.07) is 55.8. The first kappa shape index (κ1) is 28.7. The van der Waals surface area contributed by atoms with E-state index in [1.807, 2.05) is 18.2 Å². The van der Waals surface area contributed by atoms with Crippen molar-refractivity contribution in [3.8, 4) is 78.8 Å². The second kappa shape index (κ2) is 10.8. The van der Waals surface area contributed by atoms with Crippen molar-refractivity contribution in [3.05, 3.63) is 169 Å². The van der Waals surface area contributed by atoms with Crippen LogP contribution in [0.1, 0.15) is 25.0 Å². The highest BCUT2D eigenvalue weighted by Crippen LogP contribution is 2.51. The molecule has 0 amide bonds. The Morgan fingerprint density at radius 1 is 0.420 bits per heavy atom. The van der Waals surface area contributed by atoms with Crippen molar-refractivity contribution < 1.29 is 4.74 Å². The topological polar surface area (TPSA) is 35.0 Å². The largest absolute Gasteiger partial charge is 0.456 e. The van der Waals surface area contributed by atoms with Gasteiger partial charge in [-0.15, -0.1) is 0 Å². The van der Waals surface area contributed by atoms with Gasteiger partial charge in [0.1, 0.15) is 11.5 Å². The van der Waals surface area contributed by atoms with E-state index in [2.05, 4.69) is 153 Å². The molecule has 50 heavy (non-hydrogen) atoms. The minimum Gasteiger partial charge on any atom is -0.456 e. The van der Waals surface area contributed by atoms with E-state index in [0.29, 0.717) is 5.82 Å². The summed E-state index contributed by atoms with van der Waals surface area (Å²) in [7, 11) is 0. The average Bonchev–Trinajstić information content (AvgIpc) is 3.41. The van der Waals surface area contributed by atoms with Gasteiger partial charge in [-0.3, -0.25) is 0 Å². The van der Waals surface area contributed by atoms with Crippen LogP contribution < -0.4 is 4.74 Å². The normalized spacial score (nSPS) is 13.3. The van der Waals surface area contributed by atoms with E-state index in [9.17, 15) is 0 Å². The first-order chi connectivity index (χ1) is 24.5. The van der Waals surface area contributed by atoms with Crippen molar-refractivity contribution in [1.29, 1.82) is 0 Å². The number of aromatic nitrogens is 2. The zero-order valence-corrected chi connectivity index (χ0v) is 27.8. The van der Waals surface area contributed by atoms with Crippen LogP contribution >= 0.6 is 0 Å². The fourth-order valence-corrected chi connectivity index (χ4v) is 7.98. The molecule has 0 atom stereocenters. The quantitative estimate of drug-likeness (QED) is 0.192. The summed E-state index contributed by atoms with van der Waals surface area (Å²) in [6.07, 6.45) is 0. The molecule has 0 unspecified atom stereocenters. The van der Waals surface area contributed by atoms with Crippen LogP contribution in [0.4, 0.5) is 0 Å². The number of hydrogen-bond acceptors (Lipinski definition) is 3. The lowest BCUT2D eigenvalue weighted by molar-refractivity contribution is 0.487. The van der Waals surface area contributed by atoms with E-state index in [4.69, 9.17) is 14.7 Å². The molecule has 2 aliphatic rings. The van der Waals surface area contributed by atoms with Crippen LogP contribution in [-0.4, -0.2) is 9.97 Å². The molecule has 0 saturated carbocycles. The van der Waals surface area contributed by atoms with E-state index >= 15 is 0 Å². The third kappa shape index (κ3) is 4.37. The van der Waals surface area contributed by atoms with Gasteiger partial charge in [0.2, 0.25) is 0 Å². The van der Waals surface area contributed by atoms with E-state index in [1.54, 1.807) is 0 Å². The first-order valence-electron chi connectivity index (χ1n) is 17.2. The average molecular weight is 641 g/mol. The van der Waals surface area contributed by atoms with Gasteiger partial charge in [-0.05, 0) is 80.7 Å². The summed E-state index contributed by atoms with van der Waals surface area (Å²) in [6.45, 7) is 4.64. The molecule has 3 heteroatoms. The Hall–Kier alpha value is -6.32. The van der Waals surface area contributed by atoms with Gasteiger partial charge in [0, 0.05) is 33.1 Å². The fourth-order valence-electron chi connectivity index (χ4n) is 7.98. The maximum absolute atomic E-state index is 6.57. The lowest BCUT2D eigenvalue weighted by atomic mass is 9.82. The Balaban J connectivity index is 1.13.